The summed E-state index contributed by atoms with van der Waals surface area (Å²) >= 11 is 2.03. The molecule has 0 aromatic heterocycles. The average Bonchev–Trinajstić information content (AvgIpc) is 2.12. The minimum Gasteiger partial charge on any atom is -0.480 e. The summed E-state index contributed by atoms with van der Waals surface area (Å²) in [6.07, 6.45) is 0.982. The van der Waals surface area contributed by atoms with Crippen molar-refractivity contribution >= 4 is 44.3 Å². The van der Waals surface area contributed by atoms with E-state index in [0.717, 1.165) is 14.1 Å². The predicted octanol–water partition coefficient (Wildman–Crippen LogP) is 1.14. The fourth-order valence-corrected chi connectivity index (χ4v) is 2.52. The Morgan fingerprint density at radius 1 is 1.50 bits per heavy atom. The van der Waals surface area contributed by atoms with E-state index in [-0.39, 0.29) is 0 Å². The van der Waals surface area contributed by atoms with Crippen LogP contribution in [0.15, 0.2) is 24.3 Å². The van der Waals surface area contributed by atoms with Crippen LogP contribution in [0.25, 0.3) is 0 Å². The third-order valence-electron chi connectivity index (χ3n) is 1.78. The van der Waals surface area contributed by atoms with Crippen molar-refractivity contribution in [1.82, 2.24) is 0 Å². The monoisotopic (exact) mass is 355 g/mol. The van der Waals surface area contributed by atoms with Crippen LogP contribution in [0, 0.1) is 3.57 Å². The normalized spacial score (nSPS) is 11.1. The molecule has 1 aromatic carbocycles. The van der Waals surface area contributed by atoms with Crippen LogP contribution >= 0.6 is 22.6 Å². The van der Waals surface area contributed by atoms with Gasteiger partial charge in [0.15, 0.2) is 0 Å². The van der Waals surface area contributed by atoms with Gasteiger partial charge >= 0.3 is 5.97 Å². The van der Waals surface area contributed by atoms with Gasteiger partial charge < -0.3 is 5.11 Å². The number of carbonyl (C=O) groups is 1. The molecule has 0 atom stereocenters. The van der Waals surface area contributed by atoms with Crippen molar-refractivity contribution in [2.45, 2.75) is 0 Å². The molecule has 0 unspecified atom stereocenters. The van der Waals surface area contributed by atoms with Gasteiger partial charge in [-0.2, -0.15) is 0 Å². The minimum absolute atomic E-state index is 0.358. The highest BCUT2D eigenvalue weighted by Crippen LogP contribution is 2.19. The number of rotatable bonds is 4. The first-order chi connectivity index (χ1) is 7.30. The van der Waals surface area contributed by atoms with E-state index in [4.69, 9.17) is 5.11 Å². The maximum absolute atomic E-state index is 11.4. The summed E-state index contributed by atoms with van der Waals surface area (Å²) in [6.45, 7) is -0.571. The van der Waals surface area contributed by atoms with E-state index < -0.39 is 22.5 Å². The third kappa shape index (κ3) is 3.63. The molecule has 88 valence electrons. The van der Waals surface area contributed by atoms with E-state index in [1.165, 1.54) is 0 Å². The largest absolute Gasteiger partial charge is 0.480 e. The minimum atomic E-state index is -3.58. The van der Waals surface area contributed by atoms with Crippen molar-refractivity contribution in [2.75, 3.05) is 17.1 Å². The first kappa shape index (κ1) is 13.2. The van der Waals surface area contributed by atoms with Crippen LogP contribution < -0.4 is 4.31 Å². The first-order valence-corrected chi connectivity index (χ1v) is 7.18. The van der Waals surface area contributed by atoms with Crippen LogP contribution in [0.3, 0.4) is 0 Å². The van der Waals surface area contributed by atoms with Crippen molar-refractivity contribution in [3.63, 3.8) is 0 Å². The highest BCUT2D eigenvalue weighted by Gasteiger charge is 2.20. The lowest BCUT2D eigenvalue weighted by atomic mass is 10.3. The fraction of sp³-hybridized carbons (Fsp3) is 0.222. The van der Waals surface area contributed by atoms with Crippen molar-refractivity contribution in [2.24, 2.45) is 0 Å². The highest BCUT2D eigenvalue weighted by atomic mass is 127. The fourth-order valence-electron chi connectivity index (χ4n) is 1.15. The Bertz CT molecular complexity index is 500. The Morgan fingerprint density at radius 2 is 2.12 bits per heavy atom. The van der Waals surface area contributed by atoms with E-state index in [2.05, 4.69) is 0 Å². The summed E-state index contributed by atoms with van der Waals surface area (Å²) < 4.78 is 24.6. The Hall–Kier alpha value is -0.830. The Balaban J connectivity index is 3.16. The maximum Gasteiger partial charge on any atom is 0.324 e. The van der Waals surface area contributed by atoms with Crippen LogP contribution in [0.5, 0.6) is 0 Å². The molecule has 0 saturated carbocycles. The zero-order chi connectivity index (χ0) is 12.3. The van der Waals surface area contributed by atoms with Crippen LogP contribution in [-0.4, -0.2) is 32.3 Å². The first-order valence-electron chi connectivity index (χ1n) is 4.26. The Labute approximate surface area is 107 Å². The van der Waals surface area contributed by atoms with Crippen molar-refractivity contribution < 1.29 is 18.3 Å². The molecule has 0 spiro atoms. The molecular weight excluding hydrogens is 345 g/mol. The summed E-state index contributed by atoms with van der Waals surface area (Å²) in [5.74, 6) is -1.19. The highest BCUT2D eigenvalue weighted by molar-refractivity contribution is 14.1. The van der Waals surface area contributed by atoms with E-state index in [1.807, 2.05) is 22.6 Å². The number of sulfonamides is 1. The summed E-state index contributed by atoms with van der Waals surface area (Å²) in [6, 6.07) is 6.65. The van der Waals surface area contributed by atoms with Crippen LogP contribution in [0.1, 0.15) is 0 Å². The van der Waals surface area contributed by atoms with Gasteiger partial charge in [-0.15, -0.1) is 0 Å². The number of anilines is 1. The van der Waals surface area contributed by atoms with E-state index in [0.29, 0.717) is 5.69 Å². The van der Waals surface area contributed by atoms with E-state index in [1.54, 1.807) is 24.3 Å². The number of benzene rings is 1. The molecule has 16 heavy (non-hydrogen) atoms. The second kappa shape index (κ2) is 5.00. The molecular formula is C9H10INO4S. The van der Waals surface area contributed by atoms with Gasteiger partial charge in [0.05, 0.1) is 11.9 Å². The second-order valence-corrected chi connectivity index (χ2v) is 6.30. The Kier molecular flexibility index (Phi) is 4.14. The second-order valence-electron chi connectivity index (χ2n) is 3.14. The predicted molar refractivity (Wildman–Crippen MR) is 69.0 cm³/mol. The van der Waals surface area contributed by atoms with Crippen molar-refractivity contribution in [1.29, 1.82) is 0 Å². The number of hydrogen-bond donors (Lipinski definition) is 1. The molecule has 0 aliphatic heterocycles. The lowest BCUT2D eigenvalue weighted by Crippen LogP contribution is -2.34. The van der Waals surface area contributed by atoms with E-state index in [9.17, 15) is 13.2 Å². The molecule has 1 N–H and O–H groups in total. The van der Waals surface area contributed by atoms with Crippen molar-refractivity contribution in [3.8, 4) is 0 Å². The van der Waals surface area contributed by atoms with Gasteiger partial charge in [-0.05, 0) is 40.8 Å². The number of hydrogen-bond acceptors (Lipinski definition) is 3. The summed E-state index contributed by atoms with van der Waals surface area (Å²) in [5, 5.41) is 8.67. The number of carboxylic acids is 1. The number of nitrogens with zero attached hydrogens (tertiary/aromatic N) is 1. The van der Waals surface area contributed by atoms with Gasteiger partial charge in [-0.3, -0.25) is 9.10 Å². The van der Waals surface area contributed by atoms with Crippen LogP contribution in [0.2, 0.25) is 0 Å². The van der Waals surface area contributed by atoms with Gasteiger partial charge in [0.25, 0.3) is 0 Å². The smallest absolute Gasteiger partial charge is 0.324 e. The van der Waals surface area contributed by atoms with Gasteiger partial charge in [-0.25, -0.2) is 8.42 Å². The third-order valence-corrected chi connectivity index (χ3v) is 3.59. The lowest BCUT2D eigenvalue weighted by Gasteiger charge is -2.20. The van der Waals surface area contributed by atoms with Gasteiger partial charge in [-0.1, -0.05) is 6.07 Å². The zero-order valence-corrected chi connectivity index (χ0v) is 11.4. The molecule has 0 fully saturated rings. The SMILES string of the molecule is CS(=O)(=O)N(CC(=O)O)c1cccc(I)c1. The number of halogens is 1. The molecule has 0 radical (unpaired) electrons. The van der Waals surface area contributed by atoms with E-state index >= 15 is 0 Å². The molecule has 0 aliphatic carbocycles. The molecule has 0 aliphatic rings. The molecule has 0 bridgehead atoms. The summed E-state index contributed by atoms with van der Waals surface area (Å²) in [4.78, 5) is 10.6. The van der Waals surface area contributed by atoms with Crippen LogP contribution in [-0.2, 0) is 14.8 Å². The molecule has 0 saturated heterocycles. The topological polar surface area (TPSA) is 74.7 Å². The maximum atomic E-state index is 11.4. The zero-order valence-electron chi connectivity index (χ0n) is 8.42. The van der Waals surface area contributed by atoms with Gasteiger partial charge in [0.1, 0.15) is 6.54 Å². The van der Waals surface area contributed by atoms with Gasteiger partial charge in [0, 0.05) is 3.57 Å². The molecule has 7 heteroatoms. The summed E-state index contributed by atoms with van der Waals surface area (Å²) in [5.41, 5.74) is 0.358. The molecule has 1 aromatic rings. The molecule has 0 amide bonds. The average molecular weight is 355 g/mol. The lowest BCUT2D eigenvalue weighted by molar-refractivity contribution is -0.135. The van der Waals surface area contributed by atoms with Crippen molar-refractivity contribution in [3.05, 3.63) is 27.8 Å². The summed E-state index contributed by atoms with van der Waals surface area (Å²) in [7, 11) is -3.58. The molecule has 5 nitrogen and oxygen atoms in total. The van der Waals surface area contributed by atoms with Crippen LogP contribution in [0.4, 0.5) is 5.69 Å². The Morgan fingerprint density at radius 3 is 2.56 bits per heavy atom. The molecule has 1 rings (SSSR count). The van der Waals surface area contributed by atoms with Gasteiger partial charge in [0.2, 0.25) is 10.0 Å². The quantitative estimate of drug-likeness (QED) is 0.822. The standard InChI is InChI=1S/C9H10INO4S/c1-16(14,15)11(6-9(12)13)8-4-2-3-7(10)5-8/h2-5H,6H2,1H3,(H,12,13). The number of aliphatic carboxylic acids is 1. The number of carboxylic acid groups (broad SMARTS) is 1. The molecule has 0 heterocycles.